The molecule has 1 aromatic heterocycles. The molecule has 0 aliphatic rings. The molecule has 16 nitrogen and oxygen atoms in total. The fourth-order valence-corrected chi connectivity index (χ4v) is 4.44. The highest BCUT2D eigenvalue weighted by atomic mass is 32.2. The second-order valence-electron chi connectivity index (χ2n) is 7.48. The molecule has 0 fully saturated rings. The van der Waals surface area contributed by atoms with Crippen LogP contribution < -0.4 is 5.56 Å². The molecule has 1 heterocycles. The molecule has 18 heteroatoms. The van der Waals surface area contributed by atoms with Gasteiger partial charge >= 0.3 is 11.9 Å². The topological polar surface area (TPSA) is 250 Å². The molecule has 0 amide bonds. The zero-order valence-electron chi connectivity index (χ0n) is 18.9. The van der Waals surface area contributed by atoms with E-state index in [0.717, 1.165) is 16.8 Å². The number of phenols is 1. The van der Waals surface area contributed by atoms with E-state index in [0.29, 0.717) is 18.1 Å². The summed E-state index contributed by atoms with van der Waals surface area (Å²) in [6, 6.07) is 9.48. The summed E-state index contributed by atoms with van der Waals surface area (Å²) >= 11 is 0.524. The number of aromatic carboxylic acids is 2. The summed E-state index contributed by atoms with van der Waals surface area (Å²) in [7, 11) is -4.74. The predicted octanol–water partition coefficient (Wildman–Crippen LogP) is 3.51. The van der Waals surface area contributed by atoms with Crippen LogP contribution >= 0.6 is 12.0 Å². The Hall–Kier alpha value is -4.59. The maximum Gasteiger partial charge on any atom is 0.356 e. The van der Waals surface area contributed by atoms with Crippen molar-refractivity contribution in [2.24, 2.45) is 10.2 Å². The number of nitrogens with zero attached hydrogens (tertiary/aromatic N) is 3. The van der Waals surface area contributed by atoms with Crippen LogP contribution in [0.2, 0.25) is 0 Å². The van der Waals surface area contributed by atoms with Gasteiger partial charge in [-0.05, 0) is 36.4 Å². The Morgan fingerprint density at radius 2 is 1.74 bits per heavy atom. The van der Waals surface area contributed by atoms with Crippen LogP contribution in [0.15, 0.2) is 73.3 Å². The first kappa shape index (κ1) is 27.4. The van der Waals surface area contributed by atoms with Crippen molar-refractivity contribution in [3.8, 4) is 11.4 Å². The number of aromatic amines is 1. The van der Waals surface area contributed by atoms with Crippen LogP contribution in [0.5, 0.6) is 5.75 Å². The molecule has 0 aliphatic heterocycles. The zero-order valence-corrected chi connectivity index (χ0v) is 20.5. The number of fused-ring (bicyclic) bond motifs is 1. The number of azo groups is 1. The number of H-pyrrole nitrogens is 1. The number of hydrogen-bond acceptors (Lipinski definition) is 12. The number of carbonyl (C=O) groups is 2. The smallest absolute Gasteiger partial charge is 0.356 e. The summed E-state index contributed by atoms with van der Waals surface area (Å²) in [5, 5.41) is 51.5. The van der Waals surface area contributed by atoms with E-state index in [1.165, 1.54) is 30.3 Å². The number of benzene rings is 3. The summed E-state index contributed by atoms with van der Waals surface area (Å²) in [5.74, 6) is -3.50. The summed E-state index contributed by atoms with van der Waals surface area (Å²) in [5.41, 5.74) is -3.57. The van der Waals surface area contributed by atoms with E-state index in [2.05, 4.69) is 24.7 Å². The Bertz CT molecular complexity index is 1830. The molecule has 6 N–H and O–H groups in total. The van der Waals surface area contributed by atoms with Gasteiger partial charge in [0, 0.05) is 15.7 Å². The average Bonchev–Trinajstić information content (AvgIpc) is 3.21. The van der Waals surface area contributed by atoms with Gasteiger partial charge in [-0.15, -0.1) is 14.6 Å². The van der Waals surface area contributed by atoms with Crippen LogP contribution in [0.25, 0.3) is 16.5 Å². The molecule has 4 rings (SSSR count). The summed E-state index contributed by atoms with van der Waals surface area (Å²) in [6.07, 6.45) is 0. The lowest BCUT2D eigenvalue weighted by Gasteiger charge is -2.10. The first-order valence-electron chi connectivity index (χ1n) is 10.2. The molecule has 0 saturated heterocycles. The fraction of sp³-hybridized carbons (Fsp3) is 0. The Kier molecular flexibility index (Phi) is 7.49. The molecule has 3 aromatic carbocycles. The van der Waals surface area contributed by atoms with E-state index < -0.39 is 55.1 Å². The maximum absolute atomic E-state index is 13.2. The number of carboxylic acid groups (broad SMARTS) is 2. The van der Waals surface area contributed by atoms with Gasteiger partial charge in [-0.25, -0.2) is 19.5 Å². The lowest BCUT2D eigenvalue weighted by atomic mass is 10.1. The lowest BCUT2D eigenvalue weighted by molar-refractivity contribution is -0.432. The minimum atomic E-state index is -4.74. The van der Waals surface area contributed by atoms with Crippen molar-refractivity contribution in [1.82, 2.24) is 9.78 Å². The minimum Gasteiger partial charge on any atom is -0.507 e. The van der Waals surface area contributed by atoms with Gasteiger partial charge in [-0.1, -0.05) is 17.2 Å². The van der Waals surface area contributed by atoms with Gasteiger partial charge in [-0.3, -0.25) is 14.4 Å². The standard InChI is InChI=1S/C21H14N4O12S2/c26-16-7-9(38-37-36-32)6-12-11(16)2-1-3-15(12)25-19(27)17(18(24-25)21(30)31)23-22-14-5-4-10(39(33,34)35)8-13(14)20(28)29/h1-8,24,26,32H,(H,28,29)(H,30,31)(H,33,34,35). The zero-order chi connectivity index (χ0) is 28.5. The number of nitrogens with one attached hydrogen (secondary N) is 1. The van der Waals surface area contributed by atoms with Gasteiger partial charge in [0.2, 0.25) is 0 Å². The van der Waals surface area contributed by atoms with Crippen molar-refractivity contribution in [1.29, 1.82) is 0 Å². The largest absolute Gasteiger partial charge is 0.507 e. The molecule has 0 bridgehead atoms. The second kappa shape index (κ2) is 10.6. The van der Waals surface area contributed by atoms with Crippen LogP contribution in [0, 0.1) is 0 Å². The van der Waals surface area contributed by atoms with E-state index in [4.69, 9.17) is 9.81 Å². The van der Waals surface area contributed by atoms with Crippen LogP contribution in [0.1, 0.15) is 20.8 Å². The highest BCUT2D eigenvalue weighted by molar-refractivity contribution is 7.94. The highest BCUT2D eigenvalue weighted by Gasteiger charge is 2.23. The number of aromatic nitrogens is 2. The van der Waals surface area contributed by atoms with Crippen molar-refractivity contribution >= 4 is 56.2 Å². The minimum absolute atomic E-state index is 0.0628. The van der Waals surface area contributed by atoms with Crippen molar-refractivity contribution < 1.29 is 52.5 Å². The van der Waals surface area contributed by atoms with Gasteiger partial charge in [0.1, 0.15) is 11.4 Å². The van der Waals surface area contributed by atoms with E-state index in [-0.39, 0.29) is 27.1 Å². The molecule has 39 heavy (non-hydrogen) atoms. The predicted molar refractivity (Wildman–Crippen MR) is 131 cm³/mol. The maximum atomic E-state index is 13.2. The van der Waals surface area contributed by atoms with E-state index in [1.807, 2.05) is 0 Å². The summed E-state index contributed by atoms with van der Waals surface area (Å²) in [4.78, 5) is 36.2. The first-order chi connectivity index (χ1) is 18.4. The van der Waals surface area contributed by atoms with Crippen molar-refractivity contribution in [2.45, 2.75) is 9.79 Å². The molecular formula is C21H14N4O12S2. The van der Waals surface area contributed by atoms with E-state index >= 15 is 0 Å². The van der Waals surface area contributed by atoms with Crippen molar-refractivity contribution in [3.63, 3.8) is 0 Å². The van der Waals surface area contributed by atoms with Gasteiger partial charge in [-0.2, -0.15) is 8.42 Å². The van der Waals surface area contributed by atoms with Gasteiger partial charge in [0.05, 0.1) is 28.2 Å². The van der Waals surface area contributed by atoms with Gasteiger partial charge < -0.3 is 15.3 Å². The second-order valence-corrected chi connectivity index (χ2v) is 9.68. The molecule has 0 unspecified atom stereocenters. The van der Waals surface area contributed by atoms with Crippen molar-refractivity contribution in [2.75, 3.05) is 0 Å². The number of hydrogen-bond donors (Lipinski definition) is 6. The molecule has 0 saturated carbocycles. The molecule has 202 valence electrons. The summed E-state index contributed by atoms with van der Waals surface area (Å²) in [6.45, 7) is 0. The first-order valence-corrected chi connectivity index (χ1v) is 12.4. The lowest BCUT2D eigenvalue weighted by Crippen LogP contribution is -2.14. The number of rotatable bonds is 9. The average molecular weight is 578 g/mol. The quantitative estimate of drug-likeness (QED) is 0.0547. The van der Waals surface area contributed by atoms with Gasteiger partial charge in [0.15, 0.2) is 11.4 Å². The molecule has 0 spiro atoms. The van der Waals surface area contributed by atoms with Crippen molar-refractivity contribution in [3.05, 3.63) is 70.1 Å². The molecular weight excluding hydrogens is 564 g/mol. The molecule has 0 radical (unpaired) electrons. The third-order valence-corrected chi connectivity index (χ3v) is 6.57. The molecule has 4 aromatic rings. The SMILES string of the molecule is O=C(O)c1cc(S(=O)(=O)O)ccc1N=Nc1c(C(=O)O)[nH]n(-c2cccc3c(O)cc(SOOO)cc23)c1=O. The Morgan fingerprint density at radius 1 is 1.00 bits per heavy atom. The molecule has 0 aliphatic carbocycles. The highest BCUT2D eigenvalue weighted by Crippen LogP contribution is 2.35. The van der Waals surface area contributed by atoms with Crippen LogP contribution in [0.3, 0.4) is 0 Å². The Morgan fingerprint density at radius 3 is 2.38 bits per heavy atom. The Labute approximate surface area is 220 Å². The summed E-state index contributed by atoms with van der Waals surface area (Å²) < 4.78 is 37.0. The third-order valence-electron chi connectivity index (χ3n) is 5.16. The number of phenolic OH excluding ortho intramolecular Hbond substituents is 1. The fourth-order valence-electron chi connectivity index (χ4n) is 3.50. The van der Waals surface area contributed by atoms with E-state index in [9.17, 15) is 38.1 Å². The Balaban J connectivity index is 1.88. The monoisotopic (exact) mass is 578 g/mol. The number of carboxylic acids is 2. The van der Waals surface area contributed by atoms with Crippen LogP contribution in [-0.4, -0.2) is 55.3 Å². The molecule has 0 atom stereocenters. The number of aromatic hydroxyl groups is 1. The van der Waals surface area contributed by atoms with Crippen LogP contribution in [-0.2, 0) is 19.5 Å². The van der Waals surface area contributed by atoms with Crippen LogP contribution in [0.4, 0.5) is 11.4 Å². The van der Waals surface area contributed by atoms with Gasteiger partial charge in [0.25, 0.3) is 15.7 Å². The normalized spacial score (nSPS) is 11.8. The van der Waals surface area contributed by atoms with E-state index in [1.54, 1.807) is 0 Å². The third kappa shape index (κ3) is 5.50.